The van der Waals surface area contributed by atoms with Gasteiger partial charge in [-0.05, 0) is 36.5 Å². The van der Waals surface area contributed by atoms with E-state index in [9.17, 15) is 8.42 Å². The van der Waals surface area contributed by atoms with Crippen molar-refractivity contribution in [2.24, 2.45) is 0 Å². The number of hydrogen-bond acceptors (Lipinski definition) is 3. The second kappa shape index (κ2) is 5.05. The fraction of sp³-hybridized carbons (Fsp3) is 0.500. The zero-order valence-corrected chi connectivity index (χ0v) is 11.9. The molecule has 17 heavy (non-hydrogen) atoms. The average Bonchev–Trinajstić information content (AvgIpc) is 2.29. The molecule has 0 aliphatic carbocycles. The molecule has 0 amide bonds. The molecule has 0 aromatic heterocycles. The van der Waals surface area contributed by atoms with Crippen LogP contribution in [0.15, 0.2) is 29.2 Å². The molecule has 1 fully saturated rings. The Morgan fingerprint density at radius 1 is 1.29 bits per heavy atom. The summed E-state index contributed by atoms with van der Waals surface area (Å²) in [5.74, 6) is 0.494. The Balaban J connectivity index is 2.22. The van der Waals surface area contributed by atoms with Crippen LogP contribution in [0.25, 0.3) is 0 Å². The number of piperidine rings is 1. The minimum atomic E-state index is -3.09. The first-order valence-corrected chi connectivity index (χ1v) is 8.17. The van der Waals surface area contributed by atoms with Gasteiger partial charge in [-0.3, -0.25) is 4.67 Å². The number of hydrogen-bond donors (Lipinski definition) is 0. The van der Waals surface area contributed by atoms with Gasteiger partial charge in [-0.2, -0.15) is 0 Å². The van der Waals surface area contributed by atoms with Gasteiger partial charge in [0.1, 0.15) is 0 Å². The van der Waals surface area contributed by atoms with Gasteiger partial charge >= 0.3 is 0 Å². The van der Waals surface area contributed by atoms with Gasteiger partial charge in [0, 0.05) is 19.3 Å². The van der Waals surface area contributed by atoms with Crippen LogP contribution in [-0.4, -0.2) is 32.4 Å². The third-order valence-electron chi connectivity index (χ3n) is 3.29. The van der Waals surface area contributed by atoms with Gasteiger partial charge in [0.15, 0.2) is 9.84 Å². The number of rotatable bonds is 2. The third kappa shape index (κ3) is 3.27. The molecule has 3 nitrogen and oxygen atoms in total. The highest BCUT2D eigenvalue weighted by Gasteiger charge is 2.19. The lowest BCUT2D eigenvalue weighted by Crippen LogP contribution is -2.24. The van der Waals surface area contributed by atoms with Gasteiger partial charge in [0.05, 0.1) is 4.90 Å². The van der Waals surface area contributed by atoms with Crippen LogP contribution in [0.3, 0.4) is 0 Å². The third-order valence-corrected chi connectivity index (χ3v) is 4.91. The maximum Gasteiger partial charge on any atom is 0.175 e. The summed E-state index contributed by atoms with van der Waals surface area (Å²) in [6, 6.07) is 7.39. The van der Waals surface area contributed by atoms with E-state index in [1.807, 2.05) is 18.2 Å². The van der Waals surface area contributed by atoms with Crippen molar-refractivity contribution in [3.05, 3.63) is 29.8 Å². The van der Waals surface area contributed by atoms with E-state index in [2.05, 4.69) is 14.1 Å². The Morgan fingerprint density at radius 3 is 2.53 bits per heavy atom. The largest absolute Gasteiger partial charge is 0.287 e. The summed E-state index contributed by atoms with van der Waals surface area (Å²) in [4.78, 5) is 0.434. The van der Waals surface area contributed by atoms with Gasteiger partial charge in [-0.1, -0.05) is 21.5 Å². The van der Waals surface area contributed by atoms with E-state index in [-0.39, 0.29) is 0 Å². The quantitative estimate of drug-likeness (QED) is 0.773. The molecular formula is C12H18NO2PS. The Labute approximate surface area is 105 Å². The first kappa shape index (κ1) is 13.0. The van der Waals surface area contributed by atoms with Gasteiger partial charge < -0.3 is 0 Å². The summed E-state index contributed by atoms with van der Waals surface area (Å²) in [5, 5.41) is 0. The fourth-order valence-electron chi connectivity index (χ4n) is 2.23. The van der Waals surface area contributed by atoms with E-state index in [1.165, 1.54) is 6.26 Å². The lowest BCUT2D eigenvalue weighted by Gasteiger charge is -2.29. The molecule has 2 rings (SSSR count). The normalized spacial score (nSPS) is 19.4. The molecule has 94 valence electrons. The molecule has 1 atom stereocenters. The molecule has 5 heteroatoms. The molecule has 0 radical (unpaired) electrons. The molecule has 0 saturated carbocycles. The van der Waals surface area contributed by atoms with E-state index >= 15 is 0 Å². The minimum Gasteiger partial charge on any atom is -0.287 e. The average molecular weight is 271 g/mol. The van der Waals surface area contributed by atoms with Crippen LogP contribution in [0.1, 0.15) is 24.3 Å². The van der Waals surface area contributed by atoms with Crippen LogP contribution in [0.4, 0.5) is 0 Å². The van der Waals surface area contributed by atoms with Gasteiger partial charge in [-0.15, -0.1) is 0 Å². The summed E-state index contributed by atoms with van der Waals surface area (Å²) in [6.45, 7) is 2.11. The first-order chi connectivity index (χ1) is 7.97. The molecule has 1 unspecified atom stereocenters. The van der Waals surface area contributed by atoms with Crippen LogP contribution in [0.2, 0.25) is 0 Å². The lowest BCUT2D eigenvalue weighted by atomic mass is 9.90. The molecule has 1 aromatic carbocycles. The first-order valence-electron chi connectivity index (χ1n) is 5.76. The van der Waals surface area contributed by atoms with Crippen LogP contribution < -0.4 is 0 Å². The van der Waals surface area contributed by atoms with Crippen molar-refractivity contribution in [3.63, 3.8) is 0 Å². The maximum absolute atomic E-state index is 11.5. The van der Waals surface area contributed by atoms with E-state index in [0.717, 1.165) is 31.5 Å². The summed E-state index contributed by atoms with van der Waals surface area (Å²) < 4.78 is 25.2. The number of sulfone groups is 1. The molecule has 1 aliphatic heterocycles. The monoisotopic (exact) mass is 271 g/mol. The minimum absolute atomic E-state index is 0.434. The Kier molecular flexibility index (Phi) is 3.86. The van der Waals surface area contributed by atoms with Crippen molar-refractivity contribution in [3.8, 4) is 0 Å². The van der Waals surface area contributed by atoms with Gasteiger partial charge in [0.2, 0.25) is 0 Å². The van der Waals surface area contributed by atoms with Crippen molar-refractivity contribution in [1.82, 2.24) is 4.67 Å². The second-order valence-corrected chi connectivity index (χ2v) is 7.40. The molecule has 0 N–H and O–H groups in total. The molecule has 0 bridgehead atoms. The van der Waals surface area contributed by atoms with Crippen molar-refractivity contribution in [1.29, 1.82) is 0 Å². The van der Waals surface area contributed by atoms with E-state index in [1.54, 1.807) is 6.07 Å². The second-order valence-electron chi connectivity index (χ2n) is 4.65. The van der Waals surface area contributed by atoms with Crippen LogP contribution in [0, 0.1) is 0 Å². The number of benzene rings is 1. The van der Waals surface area contributed by atoms with Crippen molar-refractivity contribution in [2.45, 2.75) is 23.7 Å². The predicted molar refractivity (Wildman–Crippen MR) is 72.8 cm³/mol. The Morgan fingerprint density at radius 2 is 1.94 bits per heavy atom. The summed E-state index contributed by atoms with van der Waals surface area (Å²) in [6.07, 6.45) is 3.45. The molecule has 1 aliphatic rings. The summed E-state index contributed by atoms with van der Waals surface area (Å²) in [7, 11) is -0.364. The number of nitrogens with zero attached hydrogens (tertiary/aromatic N) is 1. The highest BCUT2D eigenvalue weighted by atomic mass is 32.2. The zero-order chi connectivity index (χ0) is 12.5. The highest BCUT2D eigenvalue weighted by molar-refractivity contribution is 7.90. The Bertz CT molecular complexity index is 493. The van der Waals surface area contributed by atoms with Crippen LogP contribution in [0.5, 0.6) is 0 Å². The maximum atomic E-state index is 11.5. The predicted octanol–water partition coefficient (Wildman–Crippen LogP) is 2.06. The SMILES string of the molecule is CS(=O)(=O)c1cccc(C2CCN(P)CC2)c1. The Hall–Kier alpha value is -0.440. The van der Waals surface area contributed by atoms with Crippen molar-refractivity contribution < 1.29 is 8.42 Å². The van der Waals surface area contributed by atoms with Crippen LogP contribution in [-0.2, 0) is 9.84 Å². The van der Waals surface area contributed by atoms with E-state index in [0.29, 0.717) is 10.8 Å². The molecule has 1 saturated heterocycles. The highest BCUT2D eigenvalue weighted by Crippen LogP contribution is 2.30. The van der Waals surface area contributed by atoms with Gasteiger partial charge in [0.25, 0.3) is 0 Å². The molecule has 0 spiro atoms. The van der Waals surface area contributed by atoms with Crippen LogP contribution >= 0.6 is 9.39 Å². The summed E-state index contributed by atoms with van der Waals surface area (Å²) in [5.41, 5.74) is 1.16. The van der Waals surface area contributed by atoms with Crippen molar-refractivity contribution in [2.75, 3.05) is 19.3 Å². The standard InChI is InChI=1S/C12H18NO2PS/c1-17(14,15)12-4-2-3-11(9-12)10-5-7-13(16)8-6-10/h2-4,9-10H,5-8,16H2,1H3. The fourth-order valence-corrected chi connectivity index (χ4v) is 3.21. The van der Waals surface area contributed by atoms with Gasteiger partial charge in [-0.25, -0.2) is 8.42 Å². The molecular weight excluding hydrogens is 253 g/mol. The van der Waals surface area contributed by atoms with E-state index < -0.39 is 9.84 Å². The summed E-state index contributed by atoms with van der Waals surface area (Å²) >= 11 is 0. The topological polar surface area (TPSA) is 37.4 Å². The zero-order valence-electron chi connectivity index (χ0n) is 9.96. The smallest absolute Gasteiger partial charge is 0.175 e. The molecule has 1 aromatic rings. The van der Waals surface area contributed by atoms with E-state index in [4.69, 9.17) is 0 Å². The molecule has 1 heterocycles. The van der Waals surface area contributed by atoms with Crippen molar-refractivity contribution >= 4 is 19.2 Å². The lowest BCUT2D eigenvalue weighted by molar-refractivity contribution is 0.345.